The molecule has 3 rings (SSSR count). The zero-order chi connectivity index (χ0) is 21.2. The fourth-order valence-corrected chi connectivity index (χ4v) is 6.15. The third-order valence-corrected chi connectivity index (χ3v) is 7.95. The number of sulfonamides is 1. The highest BCUT2D eigenvalue weighted by atomic mass is 32.3. The Morgan fingerprint density at radius 1 is 1.41 bits per heavy atom. The normalized spacial score (nSPS) is 21.9. The summed E-state index contributed by atoms with van der Waals surface area (Å²) in [6.45, 7) is 4.00. The van der Waals surface area contributed by atoms with E-state index in [4.69, 9.17) is 10.5 Å². The van der Waals surface area contributed by atoms with Gasteiger partial charge in [-0.1, -0.05) is 30.5 Å². The van der Waals surface area contributed by atoms with E-state index in [9.17, 15) is 22.4 Å². The summed E-state index contributed by atoms with van der Waals surface area (Å²) in [5.41, 5.74) is 4.84. The number of rotatable bonds is 8. The molecule has 2 aliphatic heterocycles. The monoisotopic (exact) mass is 441 g/mol. The SMILES string of the molecule is C=C(/C=C(\SCNC(=O)c1ccccc1F)S(=O)(=O)N1C[C@@H]2C[C@H]1CO2)C(N)=O. The van der Waals surface area contributed by atoms with Crippen LogP contribution in [0.1, 0.15) is 16.8 Å². The van der Waals surface area contributed by atoms with E-state index >= 15 is 0 Å². The zero-order valence-electron chi connectivity index (χ0n) is 15.3. The minimum Gasteiger partial charge on any atom is -0.375 e. The fraction of sp³-hybridized carbons (Fsp3) is 0.333. The number of hydrogen-bond donors (Lipinski definition) is 2. The molecular formula is C18H20FN3O5S2. The topological polar surface area (TPSA) is 119 Å². The maximum atomic E-state index is 13.7. The minimum atomic E-state index is -3.95. The second kappa shape index (κ2) is 8.66. The number of carbonyl (C=O) groups excluding carboxylic acids is 2. The molecule has 0 aromatic heterocycles. The van der Waals surface area contributed by atoms with Gasteiger partial charge in [0, 0.05) is 12.1 Å². The van der Waals surface area contributed by atoms with E-state index < -0.39 is 27.7 Å². The average molecular weight is 442 g/mol. The number of fused-ring (bicyclic) bond motifs is 2. The van der Waals surface area contributed by atoms with E-state index in [1.807, 2.05) is 0 Å². The maximum absolute atomic E-state index is 13.7. The number of nitrogens with zero attached hydrogens (tertiary/aromatic N) is 1. The third-order valence-electron chi connectivity index (χ3n) is 4.59. The van der Waals surface area contributed by atoms with Crippen molar-refractivity contribution in [2.45, 2.75) is 18.6 Å². The lowest BCUT2D eigenvalue weighted by molar-refractivity contribution is -0.114. The summed E-state index contributed by atoms with van der Waals surface area (Å²) in [5.74, 6) is -2.40. The van der Waals surface area contributed by atoms with Gasteiger partial charge in [-0.3, -0.25) is 9.59 Å². The Morgan fingerprint density at radius 3 is 2.72 bits per heavy atom. The smallest absolute Gasteiger partial charge is 0.254 e. The van der Waals surface area contributed by atoms with E-state index in [1.54, 1.807) is 0 Å². The first-order valence-corrected chi connectivity index (χ1v) is 11.1. The van der Waals surface area contributed by atoms with Crippen LogP contribution < -0.4 is 11.1 Å². The number of benzene rings is 1. The molecule has 2 atom stereocenters. The molecule has 2 aliphatic rings. The van der Waals surface area contributed by atoms with Crippen LogP contribution in [-0.4, -0.2) is 55.7 Å². The van der Waals surface area contributed by atoms with Gasteiger partial charge in [-0.25, -0.2) is 12.8 Å². The molecule has 0 aliphatic carbocycles. The minimum absolute atomic E-state index is 0.152. The number of primary amides is 1. The Hall–Kier alpha value is -2.21. The van der Waals surface area contributed by atoms with E-state index in [2.05, 4.69) is 11.9 Å². The highest BCUT2D eigenvalue weighted by Crippen LogP contribution is 2.35. The highest BCUT2D eigenvalue weighted by Gasteiger charge is 2.46. The quantitative estimate of drug-likeness (QED) is 0.352. The van der Waals surface area contributed by atoms with Gasteiger partial charge in [0.1, 0.15) is 10.1 Å². The van der Waals surface area contributed by atoms with Crippen LogP contribution in [0.15, 0.2) is 46.7 Å². The van der Waals surface area contributed by atoms with E-state index in [0.29, 0.717) is 13.0 Å². The van der Waals surface area contributed by atoms with Crippen molar-refractivity contribution >= 4 is 33.6 Å². The van der Waals surface area contributed by atoms with Crippen molar-refractivity contribution in [1.29, 1.82) is 0 Å². The number of amides is 2. The third kappa shape index (κ3) is 4.69. The van der Waals surface area contributed by atoms with Gasteiger partial charge in [-0.2, -0.15) is 4.31 Å². The maximum Gasteiger partial charge on any atom is 0.254 e. The zero-order valence-corrected chi connectivity index (χ0v) is 17.0. The molecule has 2 bridgehead atoms. The molecule has 0 radical (unpaired) electrons. The molecule has 2 amide bonds. The largest absolute Gasteiger partial charge is 0.375 e. The molecular weight excluding hydrogens is 421 g/mol. The van der Waals surface area contributed by atoms with Gasteiger partial charge in [-0.05, 0) is 24.6 Å². The molecule has 1 aromatic rings. The van der Waals surface area contributed by atoms with Crippen LogP contribution in [0.5, 0.6) is 0 Å². The summed E-state index contributed by atoms with van der Waals surface area (Å²) in [6.07, 6.45) is 1.55. The van der Waals surface area contributed by atoms with Crippen molar-refractivity contribution in [3.63, 3.8) is 0 Å². The van der Waals surface area contributed by atoms with Crippen molar-refractivity contribution in [3.8, 4) is 0 Å². The number of nitrogens with two attached hydrogens (primary N) is 1. The highest BCUT2D eigenvalue weighted by molar-refractivity contribution is 8.17. The Morgan fingerprint density at radius 2 is 2.14 bits per heavy atom. The van der Waals surface area contributed by atoms with Crippen molar-refractivity contribution in [3.05, 3.63) is 58.1 Å². The average Bonchev–Trinajstić information content (AvgIpc) is 3.31. The molecule has 29 heavy (non-hydrogen) atoms. The van der Waals surface area contributed by atoms with Crippen LogP contribution in [0.3, 0.4) is 0 Å². The lowest BCUT2D eigenvalue weighted by atomic mass is 10.2. The summed E-state index contributed by atoms with van der Waals surface area (Å²) < 4.78 is 46.5. The first kappa shape index (κ1) is 21.5. The lowest BCUT2D eigenvalue weighted by Crippen LogP contribution is -2.41. The van der Waals surface area contributed by atoms with E-state index in [0.717, 1.165) is 23.9 Å². The number of ether oxygens (including phenoxy) is 1. The first-order chi connectivity index (χ1) is 13.7. The Kier molecular flexibility index (Phi) is 6.42. The van der Waals surface area contributed by atoms with Gasteiger partial charge >= 0.3 is 0 Å². The van der Waals surface area contributed by atoms with Gasteiger partial charge in [0.25, 0.3) is 5.91 Å². The molecule has 3 N–H and O–H groups in total. The van der Waals surface area contributed by atoms with Crippen LogP contribution in [-0.2, 0) is 19.6 Å². The van der Waals surface area contributed by atoms with Gasteiger partial charge < -0.3 is 15.8 Å². The summed E-state index contributed by atoms with van der Waals surface area (Å²) in [7, 11) is -3.95. The Balaban J connectivity index is 1.74. The molecule has 156 valence electrons. The summed E-state index contributed by atoms with van der Waals surface area (Å²) >= 11 is 0.785. The lowest BCUT2D eigenvalue weighted by Gasteiger charge is -2.27. The van der Waals surface area contributed by atoms with Crippen molar-refractivity contribution in [2.75, 3.05) is 19.0 Å². The number of nitrogens with one attached hydrogen (secondary N) is 1. The molecule has 2 heterocycles. The van der Waals surface area contributed by atoms with E-state index in [1.165, 1.54) is 22.5 Å². The van der Waals surface area contributed by atoms with Gasteiger partial charge in [-0.15, -0.1) is 0 Å². The predicted octanol–water partition coefficient (Wildman–Crippen LogP) is 0.932. The summed E-state index contributed by atoms with van der Waals surface area (Å²) in [6, 6.07) is 5.17. The van der Waals surface area contributed by atoms with Crippen LogP contribution in [0.4, 0.5) is 4.39 Å². The van der Waals surface area contributed by atoms with Crippen LogP contribution in [0.2, 0.25) is 0 Å². The van der Waals surface area contributed by atoms with Crippen LogP contribution in [0, 0.1) is 5.82 Å². The van der Waals surface area contributed by atoms with Crippen molar-refractivity contribution in [1.82, 2.24) is 9.62 Å². The van der Waals surface area contributed by atoms with Crippen LogP contribution in [0.25, 0.3) is 0 Å². The molecule has 0 spiro atoms. The molecule has 2 fully saturated rings. The molecule has 0 unspecified atom stereocenters. The van der Waals surface area contributed by atoms with Gasteiger partial charge in [0.05, 0.1) is 30.2 Å². The Bertz CT molecular complexity index is 979. The number of thioether (sulfide) groups is 1. The van der Waals surface area contributed by atoms with Crippen molar-refractivity contribution < 1.29 is 27.1 Å². The second-order valence-electron chi connectivity index (χ2n) is 6.55. The number of morpholine rings is 1. The molecule has 8 nitrogen and oxygen atoms in total. The van der Waals surface area contributed by atoms with Crippen LogP contribution >= 0.6 is 11.8 Å². The van der Waals surface area contributed by atoms with E-state index in [-0.39, 0.29) is 39.9 Å². The van der Waals surface area contributed by atoms with Crippen molar-refractivity contribution in [2.24, 2.45) is 5.73 Å². The summed E-state index contributed by atoms with van der Waals surface area (Å²) in [5, 5.41) is 2.46. The number of carbonyl (C=O) groups is 2. The molecule has 1 aromatic carbocycles. The number of hydrogen-bond acceptors (Lipinski definition) is 6. The first-order valence-electron chi connectivity index (χ1n) is 8.69. The standard InChI is InChI=1S/C18H20FN3O5S2/c1-11(17(20)23)6-16(29(25,26)22-8-13-7-12(22)9-27-13)28-10-21-18(24)14-4-2-3-5-15(14)19/h2-6,12-13H,1,7-10H2,(H2,20,23)(H,21,24)/b16-6+/t12-,13-/m0/s1. The molecule has 0 saturated carbocycles. The fourth-order valence-electron chi connectivity index (χ4n) is 3.09. The second-order valence-corrected chi connectivity index (χ2v) is 9.68. The van der Waals surface area contributed by atoms with Gasteiger partial charge in [0.15, 0.2) is 0 Å². The number of halogens is 1. The predicted molar refractivity (Wildman–Crippen MR) is 107 cm³/mol. The molecule has 11 heteroatoms. The summed E-state index contributed by atoms with van der Waals surface area (Å²) in [4.78, 5) is 23.5. The molecule has 2 saturated heterocycles. The van der Waals surface area contributed by atoms with Gasteiger partial charge in [0.2, 0.25) is 15.9 Å². The Labute approximate surface area is 172 Å².